The maximum absolute atomic E-state index is 12.0. The number of nitrogens with one attached hydrogen (secondary N) is 2. The van der Waals surface area contributed by atoms with Crippen LogP contribution in [-0.4, -0.2) is 30.1 Å². The van der Waals surface area contributed by atoms with Gasteiger partial charge in [-0.2, -0.15) is 0 Å². The van der Waals surface area contributed by atoms with E-state index in [4.69, 9.17) is 4.74 Å². The summed E-state index contributed by atoms with van der Waals surface area (Å²) in [6.45, 7) is 1.47. The highest BCUT2D eigenvalue weighted by Crippen LogP contribution is 2.19. The van der Waals surface area contributed by atoms with Crippen molar-refractivity contribution in [2.45, 2.75) is 31.7 Å². The molecular formula is C16H20N2O2. The average Bonchev–Trinajstić information content (AvgIpc) is 2.89. The predicted molar refractivity (Wildman–Crippen MR) is 78.6 cm³/mol. The topological polar surface area (TPSA) is 54.1 Å². The van der Waals surface area contributed by atoms with E-state index >= 15 is 0 Å². The van der Waals surface area contributed by atoms with Gasteiger partial charge in [0.25, 0.3) is 0 Å². The summed E-state index contributed by atoms with van der Waals surface area (Å²) in [7, 11) is 0. The lowest BCUT2D eigenvalue weighted by Gasteiger charge is -2.23. The number of ether oxygens (including phenoxy) is 1. The molecule has 0 radical (unpaired) electrons. The van der Waals surface area contributed by atoms with Gasteiger partial charge in [-0.1, -0.05) is 18.2 Å². The van der Waals surface area contributed by atoms with Gasteiger partial charge in [0.15, 0.2) is 0 Å². The molecule has 4 heteroatoms. The molecule has 2 aromatic rings. The van der Waals surface area contributed by atoms with Gasteiger partial charge >= 0.3 is 0 Å². The van der Waals surface area contributed by atoms with Crippen molar-refractivity contribution in [1.82, 2.24) is 10.3 Å². The van der Waals surface area contributed by atoms with Crippen LogP contribution in [0.15, 0.2) is 30.5 Å². The van der Waals surface area contributed by atoms with Gasteiger partial charge in [-0.25, -0.2) is 0 Å². The van der Waals surface area contributed by atoms with Crippen LogP contribution in [0.25, 0.3) is 10.9 Å². The predicted octanol–water partition coefficient (Wildman–Crippen LogP) is 2.40. The molecule has 4 nitrogen and oxygen atoms in total. The van der Waals surface area contributed by atoms with E-state index in [1.54, 1.807) is 0 Å². The normalized spacial score (nSPS) is 19.1. The zero-order valence-electron chi connectivity index (χ0n) is 11.5. The van der Waals surface area contributed by atoms with E-state index in [1.807, 2.05) is 18.3 Å². The molecule has 1 aromatic heterocycles. The number of hydrogen-bond donors (Lipinski definition) is 2. The second-order valence-corrected chi connectivity index (χ2v) is 5.34. The van der Waals surface area contributed by atoms with Gasteiger partial charge < -0.3 is 15.0 Å². The van der Waals surface area contributed by atoms with E-state index in [0.29, 0.717) is 13.0 Å². The largest absolute Gasteiger partial charge is 0.379 e. The molecule has 1 atom stereocenters. The van der Waals surface area contributed by atoms with E-state index in [-0.39, 0.29) is 11.9 Å². The molecule has 0 saturated carbocycles. The molecule has 20 heavy (non-hydrogen) atoms. The number of para-hydroxylation sites is 1. The van der Waals surface area contributed by atoms with Crippen LogP contribution in [0.3, 0.4) is 0 Å². The fourth-order valence-corrected chi connectivity index (χ4v) is 2.74. The summed E-state index contributed by atoms with van der Waals surface area (Å²) in [6, 6.07) is 8.38. The van der Waals surface area contributed by atoms with E-state index in [0.717, 1.165) is 31.4 Å². The zero-order chi connectivity index (χ0) is 13.8. The van der Waals surface area contributed by atoms with Gasteiger partial charge in [0.2, 0.25) is 5.91 Å². The van der Waals surface area contributed by atoms with Crippen LogP contribution < -0.4 is 5.32 Å². The second kappa shape index (κ2) is 6.09. The summed E-state index contributed by atoms with van der Waals surface area (Å²) in [5, 5.41) is 4.26. The molecular weight excluding hydrogens is 252 g/mol. The minimum Gasteiger partial charge on any atom is -0.379 e. The third kappa shape index (κ3) is 3.02. The molecule has 0 spiro atoms. The van der Waals surface area contributed by atoms with Crippen molar-refractivity contribution >= 4 is 16.8 Å². The van der Waals surface area contributed by atoms with Crippen molar-refractivity contribution in [3.05, 3.63) is 36.0 Å². The van der Waals surface area contributed by atoms with Gasteiger partial charge in [-0.05, 0) is 30.9 Å². The summed E-state index contributed by atoms with van der Waals surface area (Å²) in [4.78, 5) is 15.2. The SMILES string of the molecule is O=C(CCc1c[nH]c2ccccc12)N[C@@H]1CCCOC1. The van der Waals surface area contributed by atoms with Crippen molar-refractivity contribution in [2.24, 2.45) is 0 Å². The van der Waals surface area contributed by atoms with Crippen LogP contribution >= 0.6 is 0 Å². The summed E-state index contributed by atoms with van der Waals surface area (Å²) >= 11 is 0. The van der Waals surface area contributed by atoms with Crippen molar-refractivity contribution in [2.75, 3.05) is 13.2 Å². The van der Waals surface area contributed by atoms with Crippen LogP contribution in [0.4, 0.5) is 0 Å². The van der Waals surface area contributed by atoms with Crippen LogP contribution in [0.2, 0.25) is 0 Å². The van der Waals surface area contributed by atoms with E-state index in [2.05, 4.69) is 22.4 Å². The smallest absolute Gasteiger partial charge is 0.220 e. The van der Waals surface area contributed by atoms with E-state index in [1.165, 1.54) is 10.9 Å². The molecule has 1 aromatic carbocycles. The first kappa shape index (κ1) is 13.2. The number of carbonyl (C=O) groups is 1. The third-order valence-corrected chi connectivity index (χ3v) is 3.82. The number of aromatic amines is 1. The number of carbonyl (C=O) groups excluding carboxylic acids is 1. The highest BCUT2D eigenvalue weighted by Gasteiger charge is 2.16. The van der Waals surface area contributed by atoms with Crippen molar-refractivity contribution in [1.29, 1.82) is 0 Å². The molecule has 2 heterocycles. The first-order valence-electron chi connectivity index (χ1n) is 7.25. The Morgan fingerprint density at radius 1 is 1.40 bits per heavy atom. The summed E-state index contributed by atoms with van der Waals surface area (Å²) in [6.07, 6.45) is 5.36. The number of aromatic nitrogens is 1. The quantitative estimate of drug-likeness (QED) is 0.898. The summed E-state index contributed by atoms with van der Waals surface area (Å²) < 4.78 is 5.37. The summed E-state index contributed by atoms with van der Waals surface area (Å²) in [5.74, 6) is 0.116. The Balaban J connectivity index is 1.54. The molecule has 3 rings (SSSR count). The maximum atomic E-state index is 12.0. The molecule has 0 aliphatic carbocycles. The fourth-order valence-electron chi connectivity index (χ4n) is 2.74. The third-order valence-electron chi connectivity index (χ3n) is 3.82. The molecule has 1 fully saturated rings. The lowest BCUT2D eigenvalue weighted by Crippen LogP contribution is -2.40. The van der Waals surface area contributed by atoms with Crippen LogP contribution in [0, 0.1) is 0 Å². The minimum absolute atomic E-state index is 0.116. The Bertz CT molecular complexity index is 585. The molecule has 1 amide bonds. The van der Waals surface area contributed by atoms with Crippen molar-refractivity contribution in [3.8, 4) is 0 Å². The van der Waals surface area contributed by atoms with E-state index in [9.17, 15) is 4.79 Å². The molecule has 0 bridgehead atoms. The first-order valence-corrected chi connectivity index (χ1v) is 7.25. The molecule has 1 saturated heterocycles. The number of benzene rings is 1. The number of hydrogen-bond acceptors (Lipinski definition) is 2. The highest BCUT2D eigenvalue weighted by molar-refractivity contribution is 5.84. The minimum atomic E-state index is 0.116. The lowest BCUT2D eigenvalue weighted by atomic mass is 10.1. The van der Waals surface area contributed by atoms with Crippen molar-refractivity contribution < 1.29 is 9.53 Å². The van der Waals surface area contributed by atoms with Gasteiger partial charge in [-0.3, -0.25) is 4.79 Å². The molecule has 0 unspecified atom stereocenters. The second-order valence-electron chi connectivity index (χ2n) is 5.34. The number of fused-ring (bicyclic) bond motifs is 1. The maximum Gasteiger partial charge on any atom is 0.220 e. The van der Waals surface area contributed by atoms with Gasteiger partial charge in [0.05, 0.1) is 12.6 Å². The van der Waals surface area contributed by atoms with Crippen LogP contribution in [0.5, 0.6) is 0 Å². The van der Waals surface area contributed by atoms with Crippen molar-refractivity contribution in [3.63, 3.8) is 0 Å². The lowest BCUT2D eigenvalue weighted by molar-refractivity contribution is -0.122. The van der Waals surface area contributed by atoms with E-state index < -0.39 is 0 Å². The zero-order valence-corrected chi connectivity index (χ0v) is 11.5. The fraction of sp³-hybridized carbons (Fsp3) is 0.438. The summed E-state index contributed by atoms with van der Waals surface area (Å²) in [5.41, 5.74) is 2.33. The Kier molecular flexibility index (Phi) is 4.02. The first-order chi connectivity index (χ1) is 9.83. The van der Waals surface area contributed by atoms with Crippen LogP contribution in [0.1, 0.15) is 24.8 Å². The number of aryl methyl sites for hydroxylation is 1. The molecule has 1 aliphatic rings. The molecule has 106 valence electrons. The van der Waals surface area contributed by atoms with Crippen LogP contribution in [-0.2, 0) is 16.0 Å². The number of H-pyrrole nitrogens is 1. The molecule has 1 aliphatic heterocycles. The van der Waals surface area contributed by atoms with Gasteiger partial charge in [0.1, 0.15) is 0 Å². The number of rotatable bonds is 4. The monoisotopic (exact) mass is 272 g/mol. The highest BCUT2D eigenvalue weighted by atomic mass is 16.5. The Morgan fingerprint density at radius 3 is 3.15 bits per heavy atom. The Hall–Kier alpha value is -1.81. The van der Waals surface area contributed by atoms with Gasteiger partial charge in [-0.15, -0.1) is 0 Å². The number of amides is 1. The molecule has 2 N–H and O–H groups in total. The average molecular weight is 272 g/mol. The van der Waals surface area contributed by atoms with Gasteiger partial charge in [0, 0.05) is 30.1 Å². The standard InChI is InChI=1S/C16H20N2O2/c19-16(18-13-4-3-9-20-11-13)8-7-12-10-17-15-6-2-1-5-14(12)15/h1-2,5-6,10,13,17H,3-4,7-9,11H2,(H,18,19)/t13-/m1/s1. The Morgan fingerprint density at radius 2 is 2.30 bits per heavy atom. The Labute approximate surface area is 118 Å².